The van der Waals surface area contributed by atoms with Gasteiger partial charge in [-0.15, -0.1) is 0 Å². The number of carboxylic acids is 1. The van der Waals surface area contributed by atoms with Crippen LogP contribution in [0, 0.1) is 0 Å². The minimum Gasteiger partial charge on any atom is -0.481 e. The summed E-state index contributed by atoms with van der Waals surface area (Å²) in [6.07, 6.45) is 4.56. The fourth-order valence-corrected chi connectivity index (χ4v) is 1.24. The lowest BCUT2D eigenvalue weighted by Gasteiger charge is -1.91. The zero-order valence-electron chi connectivity index (χ0n) is 8.14. The lowest BCUT2D eigenvalue weighted by Crippen LogP contribution is -1.93. The maximum atomic E-state index is 10.8. The number of aromatic amines is 1. The predicted octanol–water partition coefficient (Wildman–Crippen LogP) is 1.00. The minimum absolute atomic E-state index is 0.0604. The number of aliphatic carboxylic acids is 1. The average molecular weight is 220 g/mol. The molecular formula is C10H8N2O4. The number of H-pyrrole nitrogens is 1. The molecule has 6 nitrogen and oxygen atoms in total. The first kappa shape index (κ1) is 10.2. The Morgan fingerprint density at radius 3 is 3.19 bits per heavy atom. The molecule has 0 aliphatic rings. The molecule has 0 radical (unpaired) electrons. The highest BCUT2D eigenvalue weighted by Crippen LogP contribution is 2.10. The van der Waals surface area contributed by atoms with E-state index in [0.717, 1.165) is 0 Å². The van der Waals surface area contributed by atoms with Gasteiger partial charge in [0.2, 0.25) is 0 Å². The summed E-state index contributed by atoms with van der Waals surface area (Å²) in [6.45, 7) is 0. The lowest BCUT2D eigenvalue weighted by atomic mass is 10.2. The second kappa shape index (κ2) is 4.01. The van der Waals surface area contributed by atoms with Crippen LogP contribution >= 0.6 is 0 Å². The smallest absolute Gasteiger partial charge is 0.418 e. The molecule has 6 heteroatoms. The zero-order chi connectivity index (χ0) is 11.5. The van der Waals surface area contributed by atoms with E-state index in [4.69, 9.17) is 9.52 Å². The van der Waals surface area contributed by atoms with Gasteiger partial charge in [-0.05, 0) is 11.6 Å². The third kappa shape index (κ3) is 2.17. The normalized spacial score (nSPS) is 11.2. The van der Waals surface area contributed by atoms with Crippen LogP contribution in [0.25, 0.3) is 17.3 Å². The van der Waals surface area contributed by atoms with E-state index in [1.807, 2.05) is 0 Å². The average Bonchev–Trinajstić information content (AvgIpc) is 2.56. The van der Waals surface area contributed by atoms with Crippen molar-refractivity contribution in [1.82, 2.24) is 9.97 Å². The van der Waals surface area contributed by atoms with Crippen molar-refractivity contribution in [3.05, 3.63) is 34.5 Å². The van der Waals surface area contributed by atoms with Crippen LogP contribution in [-0.4, -0.2) is 21.0 Å². The van der Waals surface area contributed by atoms with E-state index in [1.54, 1.807) is 12.1 Å². The molecule has 82 valence electrons. The SMILES string of the molecule is O=C(O)CC=Cc1cnc2[nH]c(=O)oc2c1. The highest BCUT2D eigenvalue weighted by Gasteiger charge is 2.01. The number of aromatic nitrogens is 2. The van der Waals surface area contributed by atoms with Gasteiger partial charge in [-0.25, -0.2) is 9.78 Å². The Balaban J connectivity index is 2.28. The molecule has 16 heavy (non-hydrogen) atoms. The largest absolute Gasteiger partial charge is 0.481 e. The summed E-state index contributed by atoms with van der Waals surface area (Å²) in [5.74, 6) is -1.47. The summed E-state index contributed by atoms with van der Waals surface area (Å²) in [4.78, 5) is 27.5. The van der Waals surface area contributed by atoms with Gasteiger partial charge in [-0.2, -0.15) is 0 Å². The molecule has 2 N–H and O–H groups in total. The van der Waals surface area contributed by atoms with Crippen LogP contribution in [0.5, 0.6) is 0 Å². The van der Waals surface area contributed by atoms with E-state index < -0.39 is 11.7 Å². The Hall–Kier alpha value is -2.37. The van der Waals surface area contributed by atoms with Gasteiger partial charge in [-0.1, -0.05) is 12.2 Å². The topological polar surface area (TPSA) is 96.2 Å². The fourth-order valence-electron chi connectivity index (χ4n) is 1.24. The van der Waals surface area contributed by atoms with Crippen molar-refractivity contribution in [3.63, 3.8) is 0 Å². The third-order valence-corrected chi connectivity index (χ3v) is 1.90. The van der Waals surface area contributed by atoms with Gasteiger partial charge in [0.15, 0.2) is 11.2 Å². The highest BCUT2D eigenvalue weighted by atomic mass is 16.4. The first-order valence-corrected chi connectivity index (χ1v) is 4.52. The monoisotopic (exact) mass is 220 g/mol. The molecule has 0 aliphatic carbocycles. The Morgan fingerprint density at radius 2 is 2.44 bits per heavy atom. The second-order valence-corrected chi connectivity index (χ2v) is 3.13. The van der Waals surface area contributed by atoms with Gasteiger partial charge in [0.05, 0.1) is 6.42 Å². The number of rotatable bonds is 3. The van der Waals surface area contributed by atoms with E-state index >= 15 is 0 Å². The summed E-state index contributed by atoms with van der Waals surface area (Å²) < 4.78 is 4.81. The van der Waals surface area contributed by atoms with E-state index in [1.165, 1.54) is 12.3 Å². The molecule has 2 heterocycles. The molecule has 2 aromatic heterocycles. The molecule has 0 atom stereocenters. The highest BCUT2D eigenvalue weighted by molar-refractivity contribution is 5.73. The van der Waals surface area contributed by atoms with Gasteiger partial charge in [0.25, 0.3) is 0 Å². The van der Waals surface area contributed by atoms with Crippen molar-refractivity contribution in [1.29, 1.82) is 0 Å². The van der Waals surface area contributed by atoms with Crippen LogP contribution in [0.1, 0.15) is 12.0 Å². The Labute approximate surface area is 89.2 Å². The molecule has 0 amide bonds. The van der Waals surface area contributed by atoms with Crippen LogP contribution in [0.3, 0.4) is 0 Å². The molecular weight excluding hydrogens is 212 g/mol. The quantitative estimate of drug-likeness (QED) is 0.804. The Bertz CT molecular complexity index is 609. The van der Waals surface area contributed by atoms with Crippen molar-refractivity contribution < 1.29 is 14.3 Å². The van der Waals surface area contributed by atoms with Crippen LogP contribution in [0.2, 0.25) is 0 Å². The van der Waals surface area contributed by atoms with Crippen molar-refractivity contribution >= 4 is 23.3 Å². The minimum atomic E-state index is -0.904. The fraction of sp³-hybridized carbons (Fsp3) is 0.100. The van der Waals surface area contributed by atoms with E-state index in [9.17, 15) is 9.59 Å². The second-order valence-electron chi connectivity index (χ2n) is 3.13. The number of carboxylic acid groups (broad SMARTS) is 1. The van der Waals surface area contributed by atoms with Crippen molar-refractivity contribution in [2.24, 2.45) is 0 Å². The molecule has 0 saturated carbocycles. The Morgan fingerprint density at radius 1 is 1.62 bits per heavy atom. The number of nitrogens with one attached hydrogen (secondary N) is 1. The van der Waals surface area contributed by atoms with Crippen LogP contribution in [0.4, 0.5) is 0 Å². The number of hydrogen-bond acceptors (Lipinski definition) is 4. The molecule has 0 spiro atoms. The van der Waals surface area contributed by atoms with E-state index in [2.05, 4.69) is 9.97 Å². The molecule has 0 fully saturated rings. The maximum absolute atomic E-state index is 10.8. The van der Waals surface area contributed by atoms with E-state index in [-0.39, 0.29) is 6.42 Å². The van der Waals surface area contributed by atoms with Gasteiger partial charge in [-0.3, -0.25) is 9.78 Å². The molecule has 0 aromatic carbocycles. The lowest BCUT2D eigenvalue weighted by molar-refractivity contribution is -0.135. The number of oxazole rings is 1. The molecule has 0 saturated heterocycles. The Kier molecular flexibility index (Phi) is 2.55. The number of pyridine rings is 1. The van der Waals surface area contributed by atoms with Gasteiger partial charge in [0.1, 0.15) is 0 Å². The van der Waals surface area contributed by atoms with Gasteiger partial charge < -0.3 is 9.52 Å². The summed E-state index contributed by atoms with van der Waals surface area (Å²) in [6, 6.07) is 1.61. The zero-order valence-corrected chi connectivity index (χ0v) is 8.14. The molecule has 2 aromatic rings. The molecule has 0 aliphatic heterocycles. The van der Waals surface area contributed by atoms with Gasteiger partial charge in [0, 0.05) is 6.20 Å². The van der Waals surface area contributed by atoms with Crippen molar-refractivity contribution in [3.8, 4) is 0 Å². The summed E-state index contributed by atoms with van der Waals surface area (Å²) in [5.41, 5.74) is 1.40. The number of hydrogen-bond donors (Lipinski definition) is 2. The molecule has 0 bridgehead atoms. The number of nitrogens with zero attached hydrogens (tertiary/aromatic N) is 1. The third-order valence-electron chi connectivity index (χ3n) is 1.90. The van der Waals surface area contributed by atoms with Crippen LogP contribution < -0.4 is 5.76 Å². The maximum Gasteiger partial charge on any atom is 0.418 e. The predicted molar refractivity (Wildman–Crippen MR) is 55.9 cm³/mol. The molecule has 0 unspecified atom stereocenters. The van der Waals surface area contributed by atoms with E-state index in [0.29, 0.717) is 16.8 Å². The molecule has 2 rings (SSSR count). The van der Waals surface area contributed by atoms with Crippen LogP contribution in [-0.2, 0) is 4.79 Å². The van der Waals surface area contributed by atoms with Crippen molar-refractivity contribution in [2.45, 2.75) is 6.42 Å². The summed E-state index contributed by atoms with van der Waals surface area (Å²) >= 11 is 0. The van der Waals surface area contributed by atoms with Crippen molar-refractivity contribution in [2.75, 3.05) is 0 Å². The number of carbonyl (C=O) groups is 1. The van der Waals surface area contributed by atoms with Crippen LogP contribution in [0.15, 0.2) is 27.6 Å². The first-order valence-electron chi connectivity index (χ1n) is 4.52. The number of fused-ring (bicyclic) bond motifs is 1. The summed E-state index contributed by atoms with van der Waals surface area (Å²) in [7, 11) is 0. The standard InChI is InChI=1S/C10H8N2O4/c13-8(14)3-1-2-6-4-7-9(11-5-6)12-10(15)16-7/h1-2,4-5H,3H2,(H,13,14)(H,11,12,15). The van der Waals surface area contributed by atoms with Gasteiger partial charge >= 0.3 is 11.7 Å². The first-order chi connectivity index (χ1) is 7.65. The summed E-state index contributed by atoms with van der Waals surface area (Å²) in [5, 5.41) is 8.43.